The van der Waals surface area contributed by atoms with Gasteiger partial charge in [0.05, 0.1) is 27.3 Å². The van der Waals surface area contributed by atoms with Gasteiger partial charge in [0.1, 0.15) is 12.9 Å². The summed E-state index contributed by atoms with van der Waals surface area (Å²) in [7, 11) is 2.09. The van der Waals surface area contributed by atoms with Crippen LogP contribution in [0.15, 0.2) is 72.9 Å². The molecule has 164 valence electrons. The number of hydrogen-bond donors (Lipinski definition) is 0. The summed E-state index contributed by atoms with van der Waals surface area (Å²) in [4.78, 5) is 0. The fraction of sp³-hybridized carbons (Fsp3) is 0.129. The second-order valence-corrected chi connectivity index (χ2v) is 9.54. The Morgan fingerprint density at radius 3 is 2.29 bits per heavy atom. The predicted molar refractivity (Wildman–Crippen MR) is 139 cm³/mol. The number of rotatable bonds is 1. The largest absolute Gasteiger partial charge is 0.307 e. The van der Waals surface area contributed by atoms with Crippen molar-refractivity contribution in [1.29, 1.82) is 0 Å². The van der Waals surface area contributed by atoms with Crippen molar-refractivity contribution in [3.05, 3.63) is 95.4 Å². The molecule has 0 fully saturated rings. The van der Waals surface area contributed by atoms with E-state index >= 15 is 4.39 Å². The minimum Gasteiger partial charge on any atom is -0.307 e. The molecule has 0 unspecified atom stereocenters. The first kappa shape index (κ1) is 19.5. The fourth-order valence-electron chi connectivity index (χ4n) is 6.09. The molecular formula is C31H24FN2+. The molecule has 0 radical (unpaired) electrons. The smallest absolute Gasteiger partial charge is 0.224 e. The topological polar surface area (TPSA) is 8.29 Å². The van der Waals surface area contributed by atoms with Crippen molar-refractivity contribution in [3.8, 4) is 11.1 Å². The number of aryl methyl sites for hydroxylation is 3. The zero-order valence-electron chi connectivity index (χ0n) is 19.7. The molecule has 7 rings (SSSR count). The molecule has 0 amide bonds. The Hall–Kier alpha value is -3.98. The lowest BCUT2D eigenvalue weighted by molar-refractivity contribution is -0.643. The second kappa shape index (κ2) is 6.54. The first-order chi connectivity index (χ1) is 16.5. The molecule has 4 aromatic carbocycles. The average molecular weight is 444 g/mol. The molecule has 0 atom stereocenters. The molecule has 0 saturated carbocycles. The highest BCUT2D eigenvalue weighted by molar-refractivity contribution is 6.28. The lowest BCUT2D eigenvalue weighted by atomic mass is 9.92. The first-order valence-electron chi connectivity index (χ1n) is 11.7. The molecule has 34 heavy (non-hydrogen) atoms. The molecule has 3 heteroatoms. The number of pyridine rings is 2. The molecule has 7 aromatic rings. The Morgan fingerprint density at radius 2 is 1.50 bits per heavy atom. The van der Waals surface area contributed by atoms with Crippen LogP contribution in [-0.2, 0) is 7.05 Å². The van der Waals surface area contributed by atoms with E-state index in [0.717, 1.165) is 38.4 Å². The number of benzene rings is 4. The summed E-state index contributed by atoms with van der Waals surface area (Å²) in [5.41, 5.74) is 10.6. The third kappa shape index (κ3) is 2.27. The van der Waals surface area contributed by atoms with Crippen LogP contribution in [0.4, 0.5) is 4.39 Å². The van der Waals surface area contributed by atoms with E-state index in [2.05, 4.69) is 85.4 Å². The minimum atomic E-state index is -0.210. The lowest BCUT2D eigenvalue weighted by Gasteiger charge is -2.16. The van der Waals surface area contributed by atoms with Crippen molar-refractivity contribution in [2.45, 2.75) is 20.8 Å². The van der Waals surface area contributed by atoms with E-state index in [4.69, 9.17) is 0 Å². The van der Waals surface area contributed by atoms with Crippen molar-refractivity contribution in [2.24, 2.45) is 7.05 Å². The maximum atomic E-state index is 15.0. The van der Waals surface area contributed by atoms with Crippen LogP contribution in [0, 0.1) is 26.6 Å². The highest BCUT2D eigenvalue weighted by atomic mass is 19.1. The van der Waals surface area contributed by atoms with Gasteiger partial charge in [0.2, 0.25) is 5.52 Å². The van der Waals surface area contributed by atoms with E-state index < -0.39 is 0 Å². The molecule has 0 saturated heterocycles. The van der Waals surface area contributed by atoms with Gasteiger partial charge < -0.3 is 4.40 Å². The molecule has 3 heterocycles. The Kier molecular flexibility index (Phi) is 3.75. The van der Waals surface area contributed by atoms with Gasteiger partial charge in [-0.1, -0.05) is 48.5 Å². The standard InChI is InChI=1S/C31H24FN2/c1-17-18(2)26-24-12-8-11-23(20-9-6-5-7-10-20)29(24)34-25-16-22(32)15-21-13-14-33(4)30(28(21)25)27(19(17)3)31(26)34/h5-16H,1-4H3/q+1. The van der Waals surface area contributed by atoms with E-state index in [9.17, 15) is 0 Å². The first-order valence-corrected chi connectivity index (χ1v) is 11.7. The third-order valence-electron chi connectivity index (χ3n) is 7.84. The Balaban J connectivity index is 1.94. The Morgan fingerprint density at radius 1 is 0.735 bits per heavy atom. The van der Waals surface area contributed by atoms with E-state index in [1.54, 1.807) is 12.1 Å². The van der Waals surface area contributed by atoms with Gasteiger partial charge in [-0.2, -0.15) is 0 Å². The van der Waals surface area contributed by atoms with Crippen LogP contribution in [-0.4, -0.2) is 4.40 Å². The maximum absolute atomic E-state index is 15.0. The van der Waals surface area contributed by atoms with E-state index in [1.807, 2.05) is 12.1 Å². The molecule has 0 N–H and O–H groups in total. The van der Waals surface area contributed by atoms with Crippen LogP contribution in [0.2, 0.25) is 0 Å². The summed E-state index contributed by atoms with van der Waals surface area (Å²) < 4.78 is 19.6. The average Bonchev–Trinajstić information content (AvgIpc) is 3.20. The Labute approximate surface area is 196 Å². The zero-order chi connectivity index (χ0) is 23.3. The van der Waals surface area contributed by atoms with Crippen LogP contribution in [0.25, 0.3) is 60.1 Å². The summed E-state index contributed by atoms with van der Waals surface area (Å²) in [6.45, 7) is 6.68. The highest BCUT2D eigenvalue weighted by Gasteiger charge is 2.27. The molecular weight excluding hydrogens is 419 g/mol. The number of para-hydroxylation sites is 1. The summed E-state index contributed by atoms with van der Waals surface area (Å²) in [5.74, 6) is -0.210. The monoisotopic (exact) mass is 443 g/mol. The van der Waals surface area contributed by atoms with Crippen molar-refractivity contribution in [1.82, 2.24) is 4.40 Å². The van der Waals surface area contributed by atoms with Gasteiger partial charge in [-0.15, -0.1) is 0 Å². The molecule has 0 aliphatic carbocycles. The maximum Gasteiger partial charge on any atom is 0.224 e. The number of aromatic nitrogens is 2. The Bertz CT molecular complexity index is 1940. The van der Waals surface area contributed by atoms with Crippen LogP contribution < -0.4 is 4.57 Å². The molecule has 0 bridgehead atoms. The van der Waals surface area contributed by atoms with E-state index in [1.165, 1.54) is 38.4 Å². The second-order valence-electron chi connectivity index (χ2n) is 9.54. The molecule has 3 aromatic heterocycles. The lowest BCUT2D eigenvalue weighted by Crippen LogP contribution is -2.29. The van der Waals surface area contributed by atoms with Gasteiger partial charge in [0, 0.05) is 22.4 Å². The molecule has 0 aliphatic heterocycles. The van der Waals surface area contributed by atoms with Crippen molar-refractivity contribution in [3.63, 3.8) is 0 Å². The van der Waals surface area contributed by atoms with Gasteiger partial charge in [-0.25, -0.2) is 8.96 Å². The van der Waals surface area contributed by atoms with Gasteiger partial charge in [-0.05, 0) is 60.5 Å². The third-order valence-corrected chi connectivity index (χ3v) is 7.84. The SMILES string of the molecule is Cc1c(C)c2c3cccc(-c4ccccc4)c3n3c4cc(F)cc5cc[n+](C)c(c(c1C)c23)c54. The highest BCUT2D eigenvalue weighted by Crippen LogP contribution is 2.45. The number of hydrogen-bond acceptors (Lipinski definition) is 0. The molecule has 2 nitrogen and oxygen atoms in total. The van der Waals surface area contributed by atoms with Crippen molar-refractivity contribution >= 4 is 49.0 Å². The van der Waals surface area contributed by atoms with Gasteiger partial charge in [-0.3, -0.25) is 0 Å². The van der Waals surface area contributed by atoms with E-state index in [-0.39, 0.29) is 5.82 Å². The van der Waals surface area contributed by atoms with Gasteiger partial charge in [0.25, 0.3) is 0 Å². The van der Waals surface area contributed by atoms with Gasteiger partial charge >= 0.3 is 0 Å². The summed E-state index contributed by atoms with van der Waals surface area (Å²) in [5, 5.41) is 5.76. The predicted octanol–water partition coefficient (Wildman–Crippen LogP) is 7.55. The summed E-state index contributed by atoms with van der Waals surface area (Å²) in [6, 6.07) is 22.5. The number of halogens is 1. The van der Waals surface area contributed by atoms with Crippen LogP contribution in [0.1, 0.15) is 16.7 Å². The number of fused-ring (bicyclic) bond motifs is 5. The van der Waals surface area contributed by atoms with Crippen LogP contribution in [0.5, 0.6) is 0 Å². The van der Waals surface area contributed by atoms with Crippen LogP contribution in [0.3, 0.4) is 0 Å². The van der Waals surface area contributed by atoms with Crippen LogP contribution >= 0.6 is 0 Å². The quantitative estimate of drug-likeness (QED) is 0.141. The summed E-state index contributed by atoms with van der Waals surface area (Å²) in [6.07, 6.45) is 2.05. The number of nitrogens with zero attached hydrogens (tertiary/aromatic N) is 2. The molecule has 0 aliphatic rings. The molecule has 0 spiro atoms. The van der Waals surface area contributed by atoms with Crippen molar-refractivity contribution in [2.75, 3.05) is 0 Å². The summed E-state index contributed by atoms with van der Waals surface area (Å²) >= 11 is 0. The fourth-order valence-corrected chi connectivity index (χ4v) is 6.09. The van der Waals surface area contributed by atoms with Crippen molar-refractivity contribution < 1.29 is 8.96 Å². The zero-order valence-corrected chi connectivity index (χ0v) is 19.7. The normalized spacial score (nSPS) is 12.3. The van der Waals surface area contributed by atoms with Gasteiger partial charge in [0.15, 0.2) is 6.20 Å². The minimum absolute atomic E-state index is 0.210. The van der Waals surface area contributed by atoms with E-state index in [0.29, 0.717) is 0 Å².